The highest BCUT2D eigenvalue weighted by atomic mass is 16.5. The molecule has 1 heterocycles. The van der Waals surface area contributed by atoms with Crippen molar-refractivity contribution in [2.24, 2.45) is 0 Å². The number of nitrogens with one attached hydrogen (secondary N) is 1. The van der Waals surface area contributed by atoms with Gasteiger partial charge in [0, 0.05) is 31.8 Å². The van der Waals surface area contributed by atoms with Gasteiger partial charge < -0.3 is 19.9 Å². The molecule has 0 spiro atoms. The van der Waals surface area contributed by atoms with Crippen molar-refractivity contribution in [3.05, 3.63) is 29.8 Å². The fourth-order valence-electron chi connectivity index (χ4n) is 2.72. The van der Waals surface area contributed by atoms with Gasteiger partial charge in [-0.05, 0) is 18.9 Å². The molecule has 1 unspecified atom stereocenters. The monoisotopic (exact) mass is 322 g/mol. The number of carbonyl (C=O) groups is 1. The fourth-order valence-corrected chi connectivity index (χ4v) is 2.72. The Kier molecular flexibility index (Phi) is 7.32. The van der Waals surface area contributed by atoms with Crippen molar-refractivity contribution in [1.29, 1.82) is 0 Å². The number of benzene rings is 1. The number of rotatable bonds is 9. The Morgan fingerprint density at radius 3 is 3.00 bits per heavy atom. The van der Waals surface area contributed by atoms with E-state index in [1.807, 2.05) is 29.2 Å². The smallest absolute Gasteiger partial charge is 0.234 e. The minimum absolute atomic E-state index is 0.00810. The maximum absolute atomic E-state index is 12.1. The summed E-state index contributed by atoms with van der Waals surface area (Å²) in [5.41, 5.74) is 0.996. The molecule has 1 fully saturated rings. The highest BCUT2D eigenvalue weighted by molar-refractivity contribution is 5.78. The Hall–Kier alpha value is -1.63. The summed E-state index contributed by atoms with van der Waals surface area (Å²) in [6.45, 7) is 2.58. The lowest BCUT2D eigenvalue weighted by atomic mass is 10.2. The van der Waals surface area contributed by atoms with Crippen LogP contribution < -0.4 is 10.1 Å². The predicted molar refractivity (Wildman–Crippen MR) is 87.3 cm³/mol. The summed E-state index contributed by atoms with van der Waals surface area (Å²) in [6, 6.07) is 7.71. The molecule has 0 aliphatic carbocycles. The van der Waals surface area contributed by atoms with Crippen molar-refractivity contribution in [1.82, 2.24) is 10.2 Å². The molecule has 0 aromatic heterocycles. The third-order valence-corrected chi connectivity index (χ3v) is 3.92. The van der Waals surface area contributed by atoms with Crippen molar-refractivity contribution in [2.75, 3.05) is 40.0 Å². The Balaban J connectivity index is 1.85. The van der Waals surface area contributed by atoms with Crippen LogP contribution in [0.1, 0.15) is 18.4 Å². The highest BCUT2D eigenvalue weighted by Crippen LogP contribution is 2.19. The van der Waals surface area contributed by atoms with Crippen LogP contribution in [0.2, 0.25) is 0 Å². The number of amides is 1. The molecule has 23 heavy (non-hydrogen) atoms. The van der Waals surface area contributed by atoms with Gasteiger partial charge in [-0.2, -0.15) is 0 Å². The number of hydrogen-bond acceptors (Lipinski definition) is 5. The number of para-hydroxylation sites is 1. The van der Waals surface area contributed by atoms with Gasteiger partial charge >= 0.3 is 0 Å². The van der Waals surface area contributed by atoms with Gasteiger partial charge in [-0.25, -0.2) is 0 Å². The topological polar surface area (TPSA) is 71.0 Å². The van der Waals surface area contributed by atoms with Crippen molar-refractivity contribution in [2.45, 2.75) is 25.5 Å². The summed E-state index contributed by atoms with van der Waals surface area (Å²) in [6.07, 6.45) is 2.20. The van der Waals surface area contributed by atoms with Crippen LogP contribution in [-0.4, -0.2) is 62.0 Å². The van der Waals surface area contributed by atoms with E-state index in [2.05, 4.69) is 5.32 Å². The molecule has 1 atom stereocenters. The number of methoxy groups -OCH3 is 1. The van der Waals surface area contributed by atoms with E-state index in [0.29, 0.717) is 19.6 Å². The van der Waals surface area contributed by atoms with Crippen molar-refractivity contribution >= 4 is 5.91 Å². The molecule has 0 bridgehead atoms. The second kappa shape index (κ2) is 9.50. The molecule has 6 nitrogen and oxygen atoms in total. The number of aliphatic hydroxyl groups is 1. The lowest BCUT2D eigenvalue weighted by Gasteiger charge is -2.22. The van der Waals surface area contributed by atoms with Crippen LogP contribution in [0.15, 0.2) is 24.3 Å². The Morgan fingerprint density at radius 2 is 2.30 bits per heavy atom. The normalized spacial score (nSPS) is 17.4. The van der Waals surface area contributed by atoms with Crippen LogP contribution in [0.25, 0.3) is 0 Å². The van der Waals surface area contributed by atoms with E-state index < -0.39 is 0 Å². The number of ether oxygens (including phenoxy) is 2. The summed E-state index contributed by atoms with van der Waals surface area (Å²) in [4.78, 5) is 14.0. The van der Waals surface area contributed by atoms with E-state index >= 15 is 0 Å². The van der Waals surface area contributed by atoms with Crippen LogP contribution in [-0.2, 0) is 16.1 Å². The second-order valence-electron chi connectivity index (χ2n) is 5.69. The average Bonchev–Trinajstić information content (AvgIpc) is 3.07. The molecule has 1 aromatic rings. The largest absolute Gasteiger partial charge is 0.496 e. The Labute approximate surface area is 137 Å². The van der Waals surface area contributed by atoms with Crippen LogP contribution in [0, 0.1) is 0 Å². The molecule has 1 aliphatic heterocycles. The van der Waals surface area contributed by atoms with Gasteiger partial charge in [0.15, 0.2) is 0 Å². The fraction of sp³-hybridized carbons (Fsp3) is 0.588. The summed E-state index contributed by atoms with van der Waals surface area (Å²) >= 11 is 0. The van der Waals surface area contributed by atoms with Gasteiger partial charge in [-0.15, -0.1) is 0 Å². The zero-order valence-corrected chi connectivity index (χ0v) is 13.7. The van der Waals surface area contributed by atoms with Gasteiger partial charge in [0.25, 0.3) is 0 Å². The first kappa shape index (κ1) is 17.7. The molecule has 1 saturated heterocycles. The molecule has 0 radical (unpaired) electrons. The Bertz CT molecular complexity index is 489. The van der Waals surface area contributed by atoms with Crippen molar-refractivity contribution < 1.29 is 19.4 Å². The van der Waals surface area contributed by atoms with Crippen molar-refractivity contribution in [3.63, 3.8) is 0 Å². The van der Waals surface area contributed by atoms with Crippen molar-refractivity contribution in [3.8, 4) is 5.75 Å². The quantitative estimate of drug-likeness (QED) is 0.703. The molecular formula is C17H26N2O4. The molecule has 6 heteroatoms. The molecule has 128 valence electrons. The standard InChI is InChI=1S/C17H26N2O4/c1-22-16-7-3-2-5-14(16)12-19(8-9-20)13-17(21)18-11-15-6-4-10-23-15/h2-3,5,7,15,20H,4,6,8-13H2,1H3,(H,18,21). The molecule has 0 saturated carbocycles. The van der Waals surface area contributed by atoms with E-state index in [1.165, 1.54) is 0 Å². The Morgan fingerprint density at radius 1 is 1.48 bits per heavy atom. The minimum Gasteiger partial charge on any atom is -0.496 e. The molecule has 1 aromatic carbocycles. The van der Waals surface area contributed by atoms with E-state index in [9.17, 15) is 9.90 Å². The van der Waals surface area contributed by atoms with Crippen LogP contribution >= 0.6 is 0 Å². The van der Waals surface area contributed by atoms with Gasteiger partial charge in [0.05, 0.1) is 26.4 Å². The first-order valence-electron chi connectivity index (χ1n) is 8.06. The average molecular weight is 322 g/mol. The number of nitrogens with zero attached hydrogens (tertiary/aromatic N) is 1. The number of hydrogen-bond donors (Lipinski definition) is 2. The third-order valence-electron chi connectivity index (χ3n) is 3.92. The van der Waals surface area contributed by atoms with E-state index in [1.54, 1.807) is 7.11 Å². The first-order chi connectivity index (χ1) is 11.2. The first-order valence-corrected chi connectivity index (χ1v) is 8.06. The lowest BCUT2D eigenvalue weighted by Crippen LogP contribution is -2.40. The molecule has 1 aliphatic rings. The van der Waals surface area contributed by atoms with E-state index in [0.717, 1.165) is 30.8 Å². The van der Waals surface area contributed by atoms with Crippen LogP contribution in [0.3, 0.4) is 0 Å². The number of carbonyl (C=O) groups excluding carboxylic acids is 1. The zero-order chi connectivity index (χ0) is 16.5. The van der Waals surface area contributed by atoms with Crippen LogP contribution in [0.5, 0.6) is 5.75 Å². The maximum atomic E-state index is 12.1. The van der Waals surface area contributed by atoms with E-state index in [-0.39, 0.29) is 25.2 Å². The summed E-state index contributed by atoms with van der Waals surface area (Å²) in [5, 5.41) is 12.1. The summed E-state index contributed by atoms with van der Waals surface area (Å²) in [5.74, 6) is 0.735. The highest BCUT2D eigenvalue weighted by Gasteiger charge is 2.18. The number of aliphatic hydroxyl groups excluding tert-OH is 1. The molecule has 1 amide bonds. The molecule has 2 N–H and O–H groups in total. The minimum atomic E-state index is -0.0520. The summed E-state index contributed by atoms with van der Waals surface area (Å²) in [7, 11) is 1.63. The van der Waals surface area contributed by atoms with Gasteiger partial charge in [0.2, 0.25) is 5.91 Å². The second-order valence-corrected chi connectivity index (χ2v) is 5.69. The molecule has 2 rings (SSSR count). The summed E-state index contributed by atoms with van der Waals surface area (Å²) < 4.78 is 10.8. The van der Waals surface area contributed by atoms with Crippen LogP contribution in [0.4, 0.5) is 0 Å². The molecular weight excluding hydrogens is 296 g/mol. The zero-order valence-electron chi connectivity index (χ0n) is 13.7. The predicted octanol–water partition coefficient (Wildman–Crippen LogP) is 0.785. The maximum Gasteiger partial charge on any atom is 0.234 e. The lowest BCUT2D eigenvalue weighted by molar-refractivity contribution is -0.123. The van der Waals surface area contributed by atoms with Gasteiger partial charge in [-0.1, -0.05) is 18.2 Å². The van der Waals surface area contributed by atoms with E-state index in [4.69, 9.17) is 9.47 Å². The van der Waals surface area contributed by atoms with Gasteiger partial charge in [0.1, 0.15) is 5.75 Å². The SMILES string of the molecule is COc1ccccc1CN(CCO)CC(=O)NCC1CCCO1. The third kappa shape index (κ3) is 5.82. The van der Waals surface area contributed by atoms with Gasteiger partial charge in [-0.3, -0.25) is 9.69 Å².